The van der Waals surface area contributed by atoms with Crippen molar-refractivity contribution in [3.8, 4) is 0 Å². The van der Waals surface area contributed by atoms with Crippen molar-refractivity contribution >= 4 is 32.9 Å². The lowest BCUT2D eigenvalue weighted by molar-refractivity contribution is -0.137. The molecule has 0 saturated heterocycles. The van der Waals surface area contributed by atoms with Gasteiger partial charge in [-0.05, 0) is 42.8 Å². The first-order valence-corrected chi connectivity index (χ1v) is 10.1. The van der Waals surface area contributed by atoms with E-state index in [-0.39, 0.29) is 36.8 Å². The van der Waals surface area contributed by atoms with Crippen molar-refractivity contribution in [1.29, 1.82) is 0 Å². The molecule has 0 saturated carbocycles. The number of aromatic nitrogens is 3. The fourth-order valence-corrected chi connectivity index (χ4v) is 4.43. The van der Waals surface area contributed by atoms with Crippen molar-refractivity contribution in [3.63, 3.8) is 0 Å². The molecular weight excluding hydrogens is 409 g/mol. The van der Waals surface area contributed by atoms with Gasteiger partial charge in [0.2, 0.25) is 0 Å². The predicted molar refractivity (Wildman–Crippen MR) is 101 cm³/mol. The molecule has 3 aromatic rings. The van der Waals surface area contributed by atoms with Crippen LogP contribution in [-0.2, 0) is 29.5 Å². The lowest BCUT2D eigenvalue weighted by Gasteiger charge is -2.27. The summed E-state index contributed by atoms with van der Waals surface area (Å²) in [4.78, 5) is 8.18. The molecule has 0 aliphatic carbocycles. The summed E-state index contributed by atoms with van der Waals surface area (Å²) < 4.78 is 69.6. The van der Waals surface area contributed by atoms with Crippen molar-refractivity contribution in [2.75, 3.05) is 17.0 Å². The Bertz CT molecular complexity index is 1190. The van der Waals surface area contributed by atoms with Crippen molar-refractivity contribution in [3.05, 3.63) is 47.3 Å². The maximum Gasteiger partial charge on any atom is 0.416 e. The highest BCUT2D eigenvalue weighted by Gasteiger charge is 2.33. The number of nitrogens with one attached hydrogen (secondary N) is 1. The van der Waals surface area contributed by atoms with Gasteiger partial charge in [0.1, 0.15) is 17.5 Å². The minimum absolute atomic E-state index is 0.0767. The van der Waals surface area contributed by atoms with Crippen molar-refractivity contribution in [2.45, 2.75) is 26.2 Å². The van der Waals surface area contributed by atoms with Gasteiger partial charge >= 0.3 is 16.4 Å². The van der Waals surface area contributed by atoms with Crippen molar-refractivity contribution in [2.24, 2.45) is 0 Å². The Labute approximate surface area is 164 Å². The maximum absolute atomic E-state index is 12.9. The van der Waals surface area contributed by atoms with Crippen molar-refractivity contribution in [1.82, 2.24) is 18.8 Å². The van der Waals surface area contributed by atoms with Crippen LogP contribution in [0.25, 0.3) is 11.0 Å². The zero-order chi connectivity index (χ0) is 21.0. The van der Waals surface area contributed by atoms with Crippen molar-refractivity contribution < 1.29 is 21.6 Å². The number of hydrogen-bond donors (Lipinski definition) is 2. The van der Waals surface area contributed by atoms with Crippen LogP contribution in [0.3, 0.4) is 0 Å². The Kier molecular flexibility index (Phi) is 4.42. The summed E-state index contributed by atoms with van der Waals surface area (Å²) in [6.07, 6.45) is -4.47. The number of benzene rings is 1. The van der Waals surface area contributed by atoms with Gasteiger partial charge in [-0.25, -0.2) is 9.97 Å². The van der Waals surface area contributed by atoms with Gasteiger partial charge in [0.25, 0.3) is 0 Å². The quantitative estimate of drug-likeness (QED) is 0.669. The van der Waals surface area contributed by atoms with Gasteiger partial charge in [0.15, 0.2) is 0 Å². The molecule has 8 nitrogen and oxygen atoms in total. The molecule has 0 fully saturated rings. The van der Waals surface area contributed by atoms with Gasteiger partial charge in [-0.3, -0.25) is 4.72 Å². The summed E-state index contributed by atoms with van der Waals surface area (Å²) >= 11 is 0. The number of rotatable bonds is 3. The van der Waals surface area contributed by atoms with Crippen LogP contribution in [0.15, 0.2) is 30.3 Å². The number of alkyl halides is 3. The molecule has 3 heterocycles. The van der Waals surface area contributed by atoms with Gasteiger partial charge in [-0.1, -0.05) is 0 Å². The van der Waals surface area contributed by atoms with E-state index in [0.29, 0.717) is 11.3 Å². The zero-order valence-electron chi connectivity index (χ0n) is 15.2. The number of nitrogens with two attached hydrogens (primary N) is 1. The zero-order valence-corrected chi connectivity index (χ0v) is 16.0. The molecule has 2 aromatic heterocycles. The van der Waals surface area contributed by atoms with Crippen LogP contribution >= 0.6 is 0 Å². The van der Waals surface area contributed by atoms with E-state index in [2.05, 4.69) is 14.7 Å². The third-order valence-electron chi connectivity index (χ3n) is 4.61. The van der Waals surface area contributed by atoms with E-state index in [4.69, 9.17) is 5.73 Å². The number of imidazole rings is 1. The van der Waals surface area contributed by atoms with Gasteiger partial charge in [-0.2, -0.15) is 25.9 Å². The van der Waals surface area contributed by atoms with E-state index >= 15 is 0 Å². The standard InChI is InChI=1S/C17H17F3N6O2S/c1-10-6-14(21)23-15(7-10)24-29(27,28)25-4-5-26-13-3-2-11(17(18,19)20)8-12(13)22-16(26)9-25/h2-3,6-8H,4-5,9H2,1H3,(H3,21,23,24). The fraction of sp³-hybridized carbons (Fsp3) is 0.294. The SMILES string of the molecule is Cc1cc(N)nc(NS(=O)(=O)N2CCn3c(nc4cc(C(F)(F)F)ccc43)C2)c1. The predicted octanol–water partition coefficient (Wildman–Crippen LogP) is 2.51. The second-order valence-corrected chi connectivity index (χ2v) is 8.45. The van der Waals surface area contributed by atoms with Crippen LogP contribution in [0, 0.1) is 6.92 Å². The molecule has 1 aromatic carbocycles. The molecule has 29 heavy (non-hydrogen) atoms. The average molecular weight is 426 g/mol. The van der Waals surface area contributed by atoms with Crippen LogP contribution in [0.2, 0.25) is 0 Å². The summed E-state index contributed by atoms with van der Waals surface area (Å²) in [6, 6.07) is 6.48. The number of anilines is 2. The van der Waals surface area contributed by atoms with E-state index in [1.54, 1.807) is 23.6 Å². The molecule has 0 radical (unpaired) electrons. The summed E-state index contributed by atoms with van der Waals surface area (Å²) in [5.41, 5.74) is 6.31. The second-order valence-electron chi connectivity index (χ2n) is 6.78. The van der Waals surface area contributed by atoms with Crippen LogP contribution in [-0.4, -0.2) is 33.8 Å². The Morgan fingerprint density at radius 2 is 1.90 bits per heavy atom. The Morgan fingerprint density at radius 1 is 1.14 bits per heavy atom. The topological polar surface area (TPSA) is 106 Å². The largest absolute Gasteiger partial charge is 0.416 e. The Morgan fingerprint density at radius 3 is 2.59 bits per heavy atom. The molecule has 0 spiro atoms. The minimum atomic E-state index is -4.47. The first-order valence-electron chi connectivity index (χ1n) is 8.61. The molecule has 0 amide bonds. The van der Waals surface area contributed by atoms with Gasteiger partial charge in [-0.15, -0.1) is 0 Å². The molecule has 0 bridgehead atoms. The lowest BCUT2D eigenvalue weighted by atomic mass is 10.2. The highest BCUT2D eigenvalue weighted by molar-refractivity contribution is 7.90. The molecule has 0 atom stereocenters. The summed E-state index contributed by atoms with van der Waals surface area (Å²) in [7, 11) is -3.95. The third kappa shape index (κ3) is 3.72. The fourth-order valence-electron chi connectivity index (χ4n) is 3.32. The summed E-state index contributed by atoms with van der Waals surface area (Å²) in [5, 5.41) is 0. The van der Waals surface area contributed by atoms with E-state index in [1.165, 1.54) is 10.4 Å². The van der Waals surface area contributed by atoms with Crippen LogP contribution < -0.4 is 10.5 Å². The first-order chi connectivity index (χ1) is 13.5. The highest BCUT2D eigenvalue weighted by Crippen LogP contribution is 2.32. The number of aryl methyl sites for hydroxylation is 1. The van der Waals surface area contributed by atoms with Crippen LogP contribution in [0.5, 0.6) is 0 Å². The summed E-state index contributed by atoms with van der Waals surface area (Å²) in [6.45, 7) is 2.08. The maximum atomic E-state index is 12.9. The summed E-state index contributed by atoms with van der Waals surface area (Å²) in [5.74, 6) is 0.646. The number of nitrogens with zero attached hydrogens (tertiary/aromatic N) is 4. The van der Waals surface area contributed by atoms with E-state index in [1.807, 2.05) is 0 Å². The second kappa shape index (κ2) is 6.59. The highest BCUT2D eigenvalue weighted by atomic mass is 32.2. The first kappa shape index (κ1) is 19.5. The minimum Gasteiger partial charge on any atom is -0.384 e. The molecule has 3 N–H and O–H groups in total. The molecule has 154 valence electrons. The number of nitrogen functional groups attached to an aromatic ring is 1. The third-order valence-corrected chi connectivity index (χ3v) is 6.07. The van der Waals surface area contributed by atoms with Crippen LogP contribution in [0.4, 0.5) is 24.8 Å². The van der Waals surface area contributed by atoms with E-state index < -0.39 is 21.9 Å². The molecular formula is C17H17F3N6O2S. The monoisotopic (exact) mass is 426 g/mol. The molecule has 12 heteroatoms. The molecule has 4 rings (SSSR count). The van der Waals surface area contributed by atoms with Crippen LogP contribution in [0.1, 0.15) is 17.0 Å². The molecule has 0 unspecified atom stereocenters. The van der Waals surface area contributed by atoms with E-state index in [0.717, 1.165) is 17.7 Å². The Hall–Kier alpha value is -2.86. The van der Waals surface area contributed by atoms with Gasteiger partial charge in [0, 0.05) is 13.1 Å². The number of halogens is 3. The number of pyridine rings is 1. The number of hydrogen-bond acceptors (Lipinski definition) is 5. The number of fused-ring (bicyclic) bond motifs is 3. The van der Waals surface area contributed by atoms with E-state index in [9.17, 15) is 21.6 Å². The average Bonchev–Trinajstić information content (AvgIpc) is 2.96. The van der Waals surface area contributed by atoms with Gasteiger partial charge in [0.05, 0.1) is 23.1 Å². The normalized spacial score (nSPS) is 15.4. The lowest BCUT2D eigenvalue weighted by Crippen LogP contribution is -2.41. The molecule has 1 aliphatic rings. The Balaban J connectivity index is 1.62. The smallest absolute Gasteiger partial charge is 0.384 e. The molecule has 1 aliphatic heterocycles. The van der Waals surface area contributed by atoms with Gasteiger partial charge < -0.3 is 10.3 Å².